The van der Waals surface area contributed by atoms with E-state index in [4.69, 9.17) is 0 Å². The topological polar surface area (TPSA) is 50.2 Å². The Bertz CT molecular complexity index is 524. The smallest absolute Gasteiger partial charge is 0.220 e. The number of nitrogens with one attached hydrogen (secondary N) is 1. The first kappa shape index (κ1) is 16.8. The summed E-state index contributed by atoms with van der Waals surface area (Å²) in [5.41, 5.74) is 0. The number of carbonyl (C=O) groups excluding carboxylic acids is 1. The van der Waals surface area contributed by atoms with Gasteiger partial charge in [0.25, 0.3) is 0 Å². The summed E-state index contributed by atoms with van der Waals surface area (Å²) in [5.74, 6) is 0.806. The first-order chi connectivity index (χ1) is 11.1. The van der Waals surface area contributed by atoms with Crippen molar-refractivity contribution < 1.29 is 4.79 Å². The van der Waals surface area contributed by atoms with Crippen molar-refractivity contribution in [2.45, 2.75) is 55.0 Å². The molecule has 0 aromatic carbocycles. The molecule has 1 aromatic rings. The molecule has 5 nitrogen and oxygen atoms in total. The van der Waals surface area contributed by atoms with Crippen LogP contribution in [0.4, 0.5) is 0 Å². The maximum absolute atomic E-state index is 12.2. The predicted octanol–water partition coefficient (Wildman–Crippen LogP) is 2.28. The zero-order chi connectivity index (χ0) is 16.2. The highest BCUT2D eigenvalue weighted by Gasteiger charge is 2.26. The van der Waals surface area contributed by atoms with Crippen LogP contribution in [0.1, 0.15) is 38.5 Å². The van der Waals surface area contributed by atoms with Crippen molar-refractivity contribution in [2.24, 2.45) is 13.0 Å². The Labute approximate surface area is 143 Å². The van der Waals surface area contributed by atoms with Crippen LogP contribution in [-0.2, 0) is 11.8 Å². The fourth-order valence-corrected chi connectivity index (χ4v) is 4.84. The normalized spacial score (nSPS) is 28.9. The maximum Gasteiger partial charge on any atom is 0.220 e. The van der Waals surface area contributed by atoms with E-state index in [9.17, 15) is 4.79 Å². The Morgan fingerprint density at radius 2 is 2.09 bits per heavy atom. The van der Waals surface area contributed by atoms with Crippen LogP contribution < -0.4 is 5.32 Å². The maximum atomic E-state index is 12.2. The number of carbonyl (C=O) groups is 1. The van der Waals surface area contributed by atoms with Crippen LogP contribution in [0, 0.1) is 5.92 Å². The molecule has 128 valence electrons. The minimum Gasteiger partial charge on any atom is -0.353 e. The van der Waals surface area contributed by atoms with Crippen LogP contribution >= 0.6 is 11.8 Å². The Morgan fingerprint density at radius 3 is 2.70 bits per heavy atom. The highest BCUT2D eigenvalue weighted by Crippen LogP contribution is 2.32. The van der Waals surface area contributed by atoms with Gasteiger partial charge in [0, 0.05) is 43.7 Å². The number of aryl methyl sites for hydroxylation is 1. The van der Waals surface area contributed by atoms with Crippen molar-refractivity contribution in [1.29, 1.82) is 0 Å². The van der Waals surface area contributed by atoms with Gasteiger partial charge in [-0.2, -0.15) is 0 Å². The highest BCUT2D eigenvalue weighted by atomic mass is 32.2. The van der Waals surface area contributed by atoms with E-state index in [2.05, 4.69) is 26.8 Å². The molecule has 2 fully saturated rings. The van der Waals surface area contributed by atoms with Crippen LogP contribution in [0.15, 0.2) is 17.6 Å². The summed E-state index contributed by atoms with van der Waals surface area (Å²) in [6.07, 6.45) is 10.2. The molecule has 1 unspecified atom stereocenters. The highest BCUT2D eigenvalue weighted by molar-refractivity contribution is 7.99. The minimum atomic E-state index is 0.255. The van der Waals surface area contributed by atoms with E-state index >= 15 is 0 Å². The van der Waals surface area contributed by atoms with E-state index < -0.39 is 0 Å². The first-order valence-corrected chi connectivity index (χ1v) is 9.60. The molecule has 6 heteroatoms. The zero-order valence-electron chi connectivity index (χ0n) is 14.2. The van der Waals surface area contributed by atoms with E-state index in [0.717, 1.165) is 50.4 Å². The average molecular weight is 337 g/mol. The summed E-state index contributed by atoms with van der Waals surface area (Å²) >= 11 is 1.88. The largest absolute Gasteiger partial charge is 0.353 e. The van der Waals surface area contributed by atoms with E-state index in [1.54, 1.807) is 0 Å². The lowest BCUT2D eigenvalue weighted by molar-refractivity contribution is -0.122. The van der Waals surface area contributed by atoms with Crippen LogP contribution in [0.25, 0.3) is 0 Å². The van der Waals surface area contributed by atoms with E-state index in [1.165, 1.54) is 0 Å². The lowest BCUT2D eigenvalue weighted by Crippen LogP contribution is -2.39. The van der Waals surface area contributed by atoms with Gasteiger partial charge in [0.05, 0.1) is 0 Å². The third-order valence-corrected chi connectivity index (χ3v) is 6.46. The molecule has 1 aromatic heterocycles. The lowest BCUT2D eigenvalue weighted by atomic mass is 9.94. The zero-order valence-corrected chi connectivity index (χ0v) is 15.0. The second kappa shape index (κ2) is 7.71. The number of imidazole rings is 1. The van der Waals surface area contributed by atoms with Crippen molar-refractivity contribution in [3.8, 4) is 0 Å². The molecular weight excluding hydrogens is 308 g/mol. The molecule has 1 atom stereocenters. The molecule has 1 saturated heterocycles. The Kier molecular flexibility index (Phi) is 5.64. The average Bonchev–Trinajstić information content (AvgIpc) is 3.10. The van der Waals surface area contributed by atoms with Gasteiger partial charge in [-0.1, -0.05) is 11.8 Å². The fourth-order valence-electron chi connectivity index (χ4n) is 3.68. The second-order valence-electron chi connectivity index (χ2n) is 7.10. The predicted molar refractivity (Wildman–Crippen MR) is 93.5 cm³/mol. The number of hydrogen-bond donors (Lipinski definition) is 1. The number of amides is 1. The van der Waals surface area contributed by atoms with Crippen molar-refractivity contribution in [3.05, 3.63) is 12.4 Å². The van der Waals surface area contributed by atoms with Crippen LogP contribution in [0.3, 0.4) is 0 Å². The van der Waals surface area contributed by atoms with Crippen molar-refractivity contribution in [3.63, 3.8) is 0 Å². The number of likely N-dealkylation sites (tertiary alicyclic amines) is 1. The third kappa shape index (κ3) is 4.73. The van der Waals surface area contributed by atoms with E-state index in [1.807, 2.05) is 31.2 Å². The van der Waals surface area contributed by atoms with Gasteiger partial charge in [-0.05, 0) is 51.6 Å². The number of nitrogens with zero attached hydrogens (tertiary/aromatic N) is 3. The van der Waals surface area contributed by atoms with Gasteiger partial charge in [-0.3, -0.25) is 4.79 Å². The van der Waals surface area contributed by atoms with Gasteiger partial charge in [0.15, 0.2) is 5.16 Å². The molecular formula is C17H28N4OS. The molecule has 1 N–H and O–H groups in total. The molecule has 2 aliphatic rings. The summed E-state index contributed by atoms with van der Waals surface area (Å²) in [6, 6.07) is 0.375. The van der Waals surface area contributed by atoms with Crippen molar-refractivity contribution >= 4 is 17.7 Å². The molecule has 1 saturated carbocycles. The van der Waals surface area contributed by atoms with Gasteiger partial charge in [0.1, 0.15) is 0 Å². The molecule has 23 heavy (non-hydrogen) atoms. The second-order valence-corrected chi connectivity index (χ2v) is 8.37. The van der Waals surface area contributed by atoms with Gasteiger partial charge < -0.3 is 14.8 Å². The quantitative estimate of drug-likeness (QED) is 0.896. The lowest BCUT2D eigenvalue weighted by Gasteiger charge is -2.28. The van der Waals surface area contributed by atoms with Gasteiger partial charge in [-0.15, -0.1) is 0 Å². The van der Waals surface area contributed by atoms with Crippen LogP contribution in [0.2, 0.25) is 0 Å². The third-order valence-electron chi connectivity index (χ3n) is 5.05. The Morgan fingerprint density at radius 1 is 1.30 bits per heavy atom. The van der Waals surface area contributed by atoms with Crippen LogP contribution in [-0.4, -0.2) is 51.8 Å². The van der Waals surface area contributed by atoms with Gasteiger partial charge in [-0.25, -0.2) is 4.98 Å². The summed E-state index contributed by atoms with van der Waals surface area (Å²) in [6.45, 7) is 2.20. The molecule has 1 amide bonds. The molecule has 0 bridgehead atoms. The first-order valence-electron chi connectivity index (χ1n) is 8.72. The van der Waals surface area contributed by atoms with Crippen molar-refractivity contribution in [2.75, 3.05) is 20.1 Å². The van der Waals surface area contributed by atoms with Gasteiger partial charge in [0.2, 0.25) is 5.91 Å². The van der Waals surface area contributed by atoms with E-state index in [0.29, 0.717) is 23.6 Å². The molecule has 1 aliphatic carbocycles. The molecule has 2 heterocycles. The Hall–Kier alpha value is -1.01. The standard InChI is InChI=1S/C17H28N4OS/c1-20-9-7-13(12-20)11-16(22)19-14-3-5-15(6-4-14)23-17-18-8-10-21(17)2/h8,10,13-15H,3-7,9,11-12H2,1-2H3,(H,19,22). The number of hydrogen-bond acceptors (Lipinski definition) is 4. The molecule has 3 rings (SSSR count). The number of thioether (sulfide) groups is 1. The Balaban J connectivity index is 1.37. The molecule has 0 radical (unpaired) electrons. The molecule has 0 spiro atoms. The summed E-state index contributed by atoms with van der Waals surface area (Å²) < 4.78 is 2.08. The monoisotopic (exact) mass is 336 g/mol. The number of rotatable bonds is 5. The summed E-state index contributed by atoms with van der Waals surface area (Å²) in [7, 11) is 4.18. The SMILES string of the molecule is CN1CCC(CC(=O)NC2CCC(Sc3nccn3C)CC2)C1. The number of aromatic nitrogens is 2. The van der Waals surface area contributed by atoms with Gasteiger partial charge >= 0.3 is 0 Å². The van der Waals surface area contributed by atoms with Crippen LogP contribution in [0.5, 0.6) is 0 Å². The summed E-state index contributed by atoms with van der Waals surface area (Å²) in [5, 5.41) is 5.00. The van der Waals surface area contributed by atoms with Crippen molar-refractivity contribution in [1.82, 2.24) is 19.8 Å². The molecule has 1 aliphatic heterocycles. The minimum absolute atomic E-state index is 0.255. The summed E-state index contributed by atoms with van der Waals surface area (Å²) in [4.78, 5) is 18.9. The fraction of sp³-hybridized carbons (Fsp3) is 0.765. The van der Waals surface area contributed by atoms with E-state index in [-0.39, 0.29) is 5.91 Å².